The van der Waals surface area contributed by atoms with Crippen molar-refractivity contribution in [2.24, 2.45) is 5.92 Å². The third kappa shape index (κ3) is 3.02. The zero-order valence-corrected chi connectivity index (χ0v) is 12.4. The van der Waals surface area contributed by atoms with Crippen LogP contribution < -0.4 is 4.74 Å². The number of rotatable bonds is 3. The lowest BCUT2D eigenvalue weighted by molar-refractivity contribution is -0.202. The van der Waals surface area contributed by atoms with Gasteiger partial charge in [-0.05, 0) is 39.5 Å². The van der Waals surface area contributed by atoms with Gasteiger partial charge >= 0.3 is 6.18 Å². The van der Waals surface area contributed by atoms with Crippen LogP contribution in [0.2, 0.25) is 0 Å². The summed E-state index contributed by atoms with van der Waals surface area (Å²) in [6, 6.07) is -0.0702. The summed E-state index contributed by atoms with van der Waals surface area (Å²) in [4.78, 5) is 0. The van der Waals surface area contributed by atoms with Crippen LogP contribution in [0.4, 0.5) is 13.2 Å². The maximum atomic E-state index is 13.0. The highest BCUT2D eigenvalue weighted by atomic mass is 19.4. The smallest absolute Gasteiger partial charge is 0.391 e. The van der Waals surface area contributed by atoms with Crippen LogP contribution in [0.5, 0.6) is 5.75 Å². The second-order valence-electron chi connectivity index (χ2n) is 5.97. The monoisotopic (exact) mass is 306 g/mol. The zero-order valence-electron chi connectivity index (χ0n) is 12.4. The Hall–Kier alpha value is -1.24. The van der Waals surface area contributed by atoms with E-state index in [1.165, 1.54) is 13.3 Å². The van der Waals surface area contributed by atoms with Gasteiger partial charge < -0.3 is 9.84 Å². The molecule has 0 bridgehead atoms. The molecule has 1 aromatic heterocycles. The van der Waals surface area contributed by atoms with Crippen molar-refractivity contribution < 1.29 is 23.0 Å². The van der Waals surface area contributed by atoms with Gasteiger partial charge in [0.25, 0.3) is 0 Å². The Balaban J connectivity index is 2.41. The van der Waals surface area contributed by atoms with Gasteiger partial charge in [-0.25, -0.2) is 0 Å². The molecule has 4 nitrogen and oxygen atoms in total. The second-order valence-corrected chi connectivity index (χ2v) is 5.97. The molecule has 1 saturated carbocycles. The zero-order chi connectivity index (χ0) is 15.8. The summed E-state index contributed by atoms with van der Waals surface area (Å²) in [5, 5.41) is 15.0. The molecule has 0 aromatic carbocycles. The number of hydrogen-bond acceptors (Lipinski definition) is 3. The summed E-state index contributed by atoms with van der Waals surface area (Å²) < 4.78 is 45.8. The van der Waals surface area contributed by atoms with E-state index in [1.807, 2.05) is 13.8 Å². The number of aliphatic hydroxyl groups is 1. The molecule has 0 aliphatic heterocycles. The SMILES string of the molecule is COc1cnn(C(C)C)c1C1(O)CCCC(C(F)(F)F)C1. The molecule has 1 N–H and O–H groups in total. The minimum absolute atomic E-state index is 0.0595. The van der Waals surface area contributed by atoms with Crippen LogP contribution in [0, 0.1) is 5.92 Å². The van der Waals surface area contributed by atoms with Gasteiger partial charge in [0.05, 0.1) is 19.2 Å². The largest absolute Gasteiger partial charge is 0.493 e. The number of ether oxygens (including phenoxy) is 1. The predicted molar refractivity (Wildman–Crippen MR) is 71.1 cm³/mol. The summed E-state index contributed by atoms with van der Waals surface area (Å²) in [5.74, 6) is -1.15. The van der Waals surface area contributed by atoms with Crippen LogP contribution >= 0.6 is 0 Å². The van der Waals surface area contributed by atoms with E-state index in [4.69, 9.17) is 4.74 Å². The lowest BCUT2D eigenvalue weighted by Gasteiger charge is -2.38. The molecule has 120 valence electrons. The lowest BCUT2D eigenvalue weighted by Crippen LogP contribution is -2.40. The molecule has 2 unspecified atom stereocenters. The van der Waals surface area contributed by atoms with E-state index in [9.17, 15) is 18.3 Å². The van der Waals surface area contributed by atoms with Crippen molar-refractivity contribution in [3.63, 3.8) is 0 Å². The van der Waals surface area contributed by atoms with Crippen LogP contribution in [0.15, 0.2) is 6.20 Å². The fourth-order valence-electron chi connectivity index (χ4n) is 3.08. The van der Waals surface area contributed by atoms with Crippen molar-refractivity contribution in [2.75, 3.05) is 7.11 Å². The summed E-state index contributed by atoms with van der Waals surface area (Å²) in [6.45, 7) is 3.73. The molecule has 0 radical (unpaired) electrons. The Morgan fingerprint density at radius 1 is 1.48 bits per heavy atom. The van der Waals surface area contributed by atoms with Crippen LogP contribution in [0.25, 0.3) is 0 Å². The standard InChI is InChI=1S/C14H21F3N2O2/c1-9(2)19-12(11(21-3)8-18-19)13(20)6-4-5-10(7-13)14(15,16)17/h8-10,20H,4-7H2,1-3H3. The van der Waals surface area contributed by atoms with E-state index < -0.39 is 17.7 Å². The highest BCUT2D eigenvalue weighted by molar-refractivity contribution is 5.32. The van der Waals surface area contributed by atoms with E-state index in [2.05, 4.69) is 5.10 Å². The molecule has 0 saturated heterocycles. The fraction of sp³-hybridized carbons (Fsp3) is 0.786. The molecule has 0 spiro atoms. The number of methoxy groups -OCH3 is 1. The second kappa shape index (κ2) is 5.51. The molecule has 1 fully saturated rings. The van der Waals surface area contributed by atoms with Gasteiger partial charge in [0.15, 0.2) is 5.75 Å². The van der Waals surface area contributed by atoms with Crippen molar-refractivity contribution in [2.45, 2.75) is 57.3 Å². The molecule has 2 rings (SSSR count). The van der Waals surface area contributed by atoms with E-state index in [-0.39, 0.29) is 25.3 Å². The van der Waals surface area contributed by atoms with Gasteiger partial charge in [-0.3, -0.25) is 4.68 Å². The van der Waals surface area contributed by atoms with Crippen molar-refractivity contribution in [1.82, 2.24) is 9.78 Å². The third-order valence-electron chi connectivity index (χ3n) is 4.10. The number of nitrogens with zero attached hydrogens (tertiary/aromatic N) is 2. The van der Waals surface area contributed by atoms with Crippen LogP contribution in [0.1, 0.15) is 51.3 Å². The van der Waals surface area contributed by atoms with Gasteiger partial charge in [-0.15, -0.1) is 0 Å². The summed E-state index contributed by atoms with van der Waals surface area (Å²) in [7, 11) is 1.43. The number of aromatic nitrogens is 2. The third-order valence-corrected chi connectivity index (χ3v) is 4.10. The van der Waals surface area contributed by atoms with Crippen LogP contribution in [-0.4, -0.2) is 28.2 Å². The molecule has 1 aromatic rings. The maximum absolute atomic E-state index is 13.0. The topological polar surface area (TPSA) is 47.3 Å². The Morgan fingerprint density at radius 2 is 2.14 bits per heavy atom. The summed E-state index contributed by atoms with van der Waals surface area (Å²) >= 11 is 0. The molecule has 7 heteroatoms. The lowest BCUT2D eigenvalue weighted by atomic mass is 9.75. The molecule has 1 aliphatic rings. The van der Waals surface area contributed by atoms with Gasteiger partial charge in [0.1, 0.15) is 11.3 Å². The molecule has 21 heavy (non-hydrogen) atoms. The minimum atomic E-state index is -4.29. The van der Waals surface area contributed by atoms with Crippen molar-refractivity contribution in [3.8, 4) is 5.75 Å². The quantitative estimate of drug-likeness (QED) is 0.931. The van der Waals surface area contributed by atoms with Gasteiger partial charge in [0.2, 0.25) is 0 Å². The summed E-state index contributed by atoms with van der Waals surface area (Å²) in [6.07, 6.45) is -2.51. The highest BCUT2D eigenvalue weighted by Crippen LogP contribution is 2.48. The first-order valence-corrected chi connectivity index (χ1v) is 7.10. The average molecular weight is 306 g/mol. The molecular formula is C14H21F3N2O2. The Morgan fingerprint density at radius 3 is 2.67 bits per heavy atom. The average Bonchev–Trinajstić information content (AvgIpc) is 2.82. The maximum Gasteiger partial charge on any atom is 0.391 e. The van der Waals surface area contributed by atoms with Gasteiger partial charge in [0, 0.05) is 6.04 Å². The fourth-order valence-corrected chi connectivity index (χ4v) is 3.08. The first-order chi connectivity index (χ1) is 9.69. The molecule has 2 atom stereocenters. The van der Waals surface area contributed by atoms with Crippen LogP contribution in [-0.2, 0) is 5.60 Å². The van der Waals surface area contributed by atoms with Crippen molar-refractivity contribution >= 4 is 0 Å². The minimum Gasteiger partial charge on any atom is -0.493 e. The molecule has 1 aliphatic carbocycles. The predicted octanol–water partition coefficient (Wildman–Crippen LogP) is 3.41. The van der Waals surface area contributed by atoms with Gasteiger partial charge in [-0.2, -0.15) is 18.3 Å². The van der Waals surface area contributed by atoms with Gasteiger partial charge in [-0.1, -0.05) is 0 Å². The highest BCUT2D eigenvalue weighted by Gasteiger charge is 2.49. The van der Waals surface area contributed by atoms with E-state index in [0.29, 0.717) is 17.9 Å². The normalized spacial score (nSPS) is 27.1. The first kappa shape index (κ1) is 16.1. The Bertz CT molecular complexity index is 499. The molecule has 0 amide bonds. The number of hydrogen-bond donors (Lipinski definition) is 1. The van der Waals surface area contributed by atoms with E-state index >= 15 is 0 Å². The molecule has 1 heterocycles. The number of halogens is 3. The van der Waals surface area contributed by atoms with Crippen molar-refractivity contribution in [3.05, 3.63) is 11.9 Å². The Kier molecular flexibility index (Phi) is 4.24. The van der Waals surface area contributed by atoms with Crippen molar-refractivity contribution in [1.29, 1.82) is 0 Å². The Labute approximate surface area is 121 Å². The molecular weight excluding hydrogens is 285 g/mol. The number of alkyl halides is 3. The summed E-state index contributed by atoms with van der Waals surface area (Å²) in [5.41, 5.74) is -1.20. The first-order valence-electron chi connectivity index (χ1n) is 7.10. The van der Waals surface area contributed by atoms with Crippen LogP contribution in [0.3, 0.4) is 0 Å². The van der Waals surface area contributed by atoms with E-state index in [1.54, 1.807) is 4.68 Å². The van der Waals surface area contributed by atoms with E-state index in [0.717, 1.165) is 0 Å².